The third-order valence-corrected chi connectivity index (χ3v) is 1.62. The molecule has 1 rings (SSSR count). The molecule has 0 unspecified atom stereocenters. The number of carbonyl (C=O) groups is 1. The van der Waals surface area contributed by atoms with Gasteiger partial charge in [0.15, 0.2) is 0 Å². The molecule has 1 N–H and O–H groups in total. The van der Waals surface area contributed by atoms with Crippen molar-refractivity contribution in [2.75, 3.05) is 5.32 Å². The number of rotatable bonds is 3. The van der Waals surface area contributed by atoms with Crippen molar-refractivity contribution >= 4 is 11.6 Å². The molecule has 0 aromatic carbocycles. The van der Waals surface area contributed by atoms with Gasteiger partial charge in [-0.05, 0) is 19.1 Å². The fraction of sp³-hybridized carbons (Fsp3) is 0.200. The number of ketones is 1. The third kappa shape index (κ3) is 3.72. The summed E-state index contributed by atoms with van der Waals surface area (Å²) in [6.45, 7) is 1.36. The van der Waals surface area contributed by atoms with E-state index in [0.29, 0.717) is 11.9 Å². The Hall–Kier alpha value is -1.85. The molecule has 0 spiro atoms. The van der Waals surface area contributed by atoms with Crippen LogP contribution in [0, 0.1) is 0 Å². The molecule has 16 heavy (non-hydrogen) atoms. The Morgan fingerprint density at radius 1 is 1.44 bits per heavy atom. The van der Waals surface area contributed by atoms with Crippen molar-refractivity contribution < 1.29 is 18.0 Å². The molecule has 1 heterocycles. The molecule has 1 aromatic heterocycles. The van der Waals surface area contributed by atoms with Crippen LogP contribution in [0.4, 0.5) is 19.0 Å². The minimum Gasteiger partial charge on any atom is -0.344 e. The van der Waals surface area contributed by atoms with Gasteiger partial charge in [-0.25, -0.2) is 4.98 Å². The van der Waals surface area contributed by atoms with Crippen LogP contribution in [0.5, 0.6) is 0 Å². The highest BCUT2D eigenvalue weighted by Crippen LogP contribution is 2.17. The third-order valence-electron chi connectivity index (χ3n) is 1.62. The predicted molar refractivity (Wildman–Crippen MR) is 52.7 cm³/mol. The molecule has 0 fully saturated rings. The van der Waals surface area contributed by atoms with Gasteiger partial charge in [0.1, 0.15) is 5.82 Å². The highest BCUT2D eigenvalue weighted by atomic mass is 19.4. The number of pyridine rings is 1. The first-order valence-electron chi connectivity index (χ1n) is 4.37. The topological polar surface area (TPSA) is 42.0 Å². The van der Waals surface area contributed by atoms with Crippen molar-refractivity contribution in [1.82, 2.24) is 4.98 Å². The Bertz CT molecular complexity index is 398. The molecular formula is C10H9F3N2O. The summed E-state index contributed by atoms with van der Waals surface area (Å²) in [5.41, 5.74) is 0.0843. The summed E-state index contributed by atoms with van der Waals surface area (Å²) in [6, 6.07) is 4.93. The average Bonchev–Trinajstić information content (AvgIpc) is 2.17. The van der Waals surface area contributed by atoms with E-state index in [-0.39, 0.29) is 5.70 Å². The van der Waals surface area contributed by atoms with Crippen molar-refractivity contribution in [3.63, 3.8) is 0 Å². The monoisotopic (exact) mass is 230 g/mol. The van der Waals surface area contributed by atoms with Gasteiger partial charge in [-0.3, -0.25) is 4.79 Å². The molecule has 0 saturated heterocycles. The molecule has 0 atom stereocenters. The lowest BCUT2D eigenvalue weighted by molar-refractivity contribution is -0.165. The second kappa shape index (κ2) is 4.78. The van der Waals surface area contributed by atoms with E-state index < -0.39 is 12.0 Å². The Kier molecular flexibility index (Phi) is 3.65. The molecule has 86 valence electrons. The van der Waals surface area contributed by atoms with Gasteiger partial charge in [-0.15, -0.1) is 0 Å². The molecule has 0 radical (unpaired) electrons. The highest BCUT2D eigenvalue weighted by molar-refractivity contribution is 5.95. The summed E-state index contributed by atoms with van der Waals surface area (Å²) < 4.78 is 35.7. The van der Waals surface area contributed by atoms with E-state index in [2.05, 4.69) is 10.3 Å². The molecule has 0 aliphatic rings. The van der Waals surface area contributed by atoms with Gasteiger partial charge in [-0.1, -0.05) is 6.07 Å². The fourth-order valence-corrected chi connectivity index (χ4v) is 0.953. The lowest BCUT2D eigenvalue weighted by atomic mass is 10.3. The number of nitrogens with one attached hydrogen (secondary N) is 1. The van der Waals surface area contributed by atoms with Crippen LogP contribution in [-0.2, 0) is 4.79 Å². The van der Waals surface area contributed by atoms with Crippen molar-refractivity contribution in [3.05, 3.63) is 36.2 Å². The first kappa shape index (κ1) is 12.2. The van der Waals surface area contributed by atoms with Crippen LogP contribution < -0.4 is 5.32 Å². The number of alkyl halides is 3. The van der Waals surface area contributed by atoms with E-state index in [0.717, 1.165) is 0 Å². The van der Waals surface area contributed by atoms with Gasteiger partial charge < -0.3 is 5.32 Å². The van der Waals surface area contributed by atoms with Gasteiger partial charge in [0, 0.05) is 18.0 Å². The number of anilines is 1. The molecule has 1 aromatic rings. The van der Waals surface area contributed by atoms with E-state index in [9.17, 15) is 18.0 Å². The molecular weight excluding hydrogens is 221 g/mol. The summed E-state index contributed by atoms with van der Waals surface area (Å²) in [5, 5.41) is 2.57. The molecule has 0 aliphatic heterocycles. The summed E-state index contributed by atoms with van der Waals surface area (Å²) in [4.78, 5) is 14.4. The van der Waals surface area contributed by atoms with Crippen molar-refractivity contribution in [2.24, 2.45) is 0 Å². The van der Waals surface area contributed by atoms with Crippen LogP contribution in [0.2, 0.25) is 0 Å². The van der Waals surface area contributed by atoms with Crippen LogP contribution in [0.25, 0.3) is 0 Å². The second-order valence-electron chi connectivity index (χ2n) is 3.03. The molecule has 6 heteroatoms. The molecule has 0 aliphatic carbocycles. The molecule has 0 amide bonds. The Balaban J connectivity index is 2.70. The summed E-state index contributed by atoms with van der Waals surface area (Å²) >= 11 is 0. The van der Waals surface area contributed by atoms with E-state index in [4.69, 9.17) is 0 Å². The minimum absolute atomic E-state index is 0.0843. The zero-order chi connectivity index (χ0) is 12.2. The lowest BCUT2D eigenvalue weighted by Crippen LogP contribution is -2.21. The summed E-state index contributed by atoms with van der Waals surface area (Å²) in [6.07, 6.45) is -2.86. The van der Waals surface area contributed by atoms with Gasteiger partial charge in [0.25, 0.3) is 5.78 Å². The van der Waals surface area contributed by atoms with Crippen LogP contribution in [0.15, 0.2) is 36.2 Å². The largest absolute Gasteiger partial charge is 0.454 e. The Morgan fingerprint density at radius 3 is 2.62 bits per heavy atom. The highest BCUT2D eigenvalue weighted by Gasteiger charge is 2.36. The van der Waals surface area contributed by atoms with E-state index in [1.165, 1.54) is 13.1 Å². The normalized spacial score (nSPS) is 12.4. The van der Waals surface area contributed by atoms with E-state index in [1.807, 2.05) is 0 Å². The van der Waals surface area contributed by atoms with Crippen LogP contribution in [0.1, 0.15) is 6.92 Å². The lowest BCUT2D eigenvalue weighted by Gasteiger charge is -2.06. The SMILES string of the molecule is C/C(=C/C(=O)C(F)(F)F)Nc1ccccn1. The van der Waals surface area contributed by atoms with E-state index in [1.54, 1.807) is 18.2 Å². The zero-order valence-electron chi connectivity index (χ0n) is 8.38. The number of halogens is 3. The molecule has 3 nitrogen and oxygen atoms in total. The summed E-state index contributed by atoms with van der Waals surface area (Å²) in [5.74, 6) is -1.51. The van der Waals surface area contributed by atoms with Crippen LogP contribution in [0.3, 0.4) is 0 Å². The number of hydrogen-bond acceptors (Lipinski definition) is 3. The quantitative estimate of drug-likeness (QED) is 0.811. The number of nitrogens with zero attached hydrogens (tertiary/aromatic N) is 1. The zero-order valence-corrected chi connectivity index (χ0v) is 8.38. The van der Waals surface area contributed by atoms with Crippen molar-refractivity contribution in [1.29, 1.82) is 0 Å². The maximum absolute atomic E-state index is 11.9. The fourth-order valence-electron chi connectivity index (χ4n) is 0.953. The number of aromatic nitrogens is 1. The molecule has 0 bridgehead atoms. The first-order valence-corrected chi connectivity index (χ1v) is 4.37. The molecule has 0 saturated carbocycles. The minimum atomic E-state index is -4.84. The number of allylic oxidation sites excluding steroid dienone is 2. The maximum atomic E-state index is 11.9. The van der Waals surface area contributed by atoms with Gasteiger partial charge in [-0.2, -0.15) is 13.2 Å². The number of carbonyl (C=O) groups excluding carboxylic acids is 1. The van der Waals surface area contributed by atoms with Crippen molar-refractivity contribution in [2.45, 2.75) is 13.1 Å². The number of hydrogen-bond donors (Lipinski definition) is 1. The average molecular weight is 230 g/mol. The van der Waals surface area contributed by atoms with E-state index >= 15 is 0 Å². The van der Waals surface area contributed by atoms with Crippen LogP contribution in [-0.4, -0.2) is 16.9 Å². The second-order valence-corrected chi connectivity index (χ2v) is 3.03. The summed E-state index contributed by atoms with van der Waals surface area (Å²) in [7, 11) is 0. The van der Waals surface area contributed by atoms with Crippen molar-refractivity contribution in [3.8, 4) is 0 Å². The first-order chi connectivity index (χ1) is 7.39. The van der Waals surface area contributed by atoms with Gasteiger partial charge in [0.2, 0.25) is 0 Å². The Morgan fingerprint density at radius 2 is 2.12 bits per heavy atom. The van der Waals surface area contributed by atoms with Gasteiger partial charge >= 0.3 is 6.18 Å². The van der Waals surface area contributed by atoms with Crippen LogP contribution >= 0.6 is 0 Å². The Labute approximate surface area is 90.0 Å². The standard InChI is InChI=1S/C10H9F3N2O/c1-7(6-8(16)10(11,12)13)15-9-4-2-3-5-14-9/h2-6H,1H3,(H,14,15)/b7-6-. The smallest absolute Gasteiger partial charge is 0.344 e. The maximum Gasteiger partial charge on any atom is 0.454 e. The van der Waals surface area contributed by atoms with Gasteiger partial charge in [0.05, 0.1) is 0 Å². The predicted octanol–water partition coefficient (Wildman–Crippen LogP) is 2.53.